The molecule has 2 unspecified atom stereocenters. The van der Waals surface area contributed by atoms with E-state index in [0.29, 0.717) is 0 Å². The second-order valence-corrected chi connectivity index (χ2v) is 5.78. The van der Waals surface area contributed by atoms with Crippen molar-refractivity contribution in [3.05, 3.63) is 0 Å². The number of ether oxygens (including phenoxy) is 1. The summed E-state index contributed by atoms with van der Waals surface area (Å²) >= 11 is 0. The van der Waals surface area contributed by atoms with Gasteiger partial charge in [0.1, 0.15) is 5.60 Å². The van der Waals surface area contributed by atoms with Gasteiger partial charge in [0.25, 0.3) is 0 Å². The van der Waals surface area contributed by atoms with Crippen LogP contribution in [0.2, 0.25) is 0 Å². The Labute approximate surface area is 97.9 Å². The van der Waals surface area contributed by atoms with E-state index in [4.69, 9.17) is 4.74 Å². The lowest BCUT2D eigenvalue weighted by Crippen LogP contribution is -2.38. The van der Waals surface area contributed by atoms with Crippen LogP contribution in [-0.4, -0.2) is 35.9 Å². The number of halogens is 3. The van der Waals surface area contributed by atoms with Crippen molar-refractivity contribution in [2.24, 2.45) is 17.8 Å². The van der Waals surface area contributed by atoms with Crippen LogP contribution in [-0.2, 0) is 4.74 Å². The Kier molecular flexibility index (Phi) is 2.60. The fourth-order valence-electron chi connectivity index (χ4n) is 2.49. The molecule has 0 bridgehead atoms. The van der Waals surface area contributed by atoms with Crippen molar-refractivity contribution in [2.75, 3.05) is 13.1 Å². The molecule has 1 heterocycles. The second kappa shape index (κ2) is 3.53. The van der Waals surface area contributed by atoms with Crippen LogP contribution in [0.25, 0.3) is 0 Å². The molecule has 0 aromatic rings. The highest BCUT2D eigenvalue weighted by Gasteiger charge is 2.68. The molecule has 0 spiro atoms. The van der Waals surface area contributed by atoms with Crippen molar-refractivity contribution in [1.82, 2.24) is 4.90 Å². The standard InChI is InChI=1S/C11H16F3NO2/c1-10(2,3)17-9(16)15-4-6-7(5-15)8(6)11(12,13)14/h6-8H,4-5H2,1-3H3. The maximum Gasteiger partial charge on any atom is 0.410 e. The minimum absolute atomic E-state index is 0.170. The van der Waals surface area contributed by atoms with E-state index in [0.717, 1.165) is 0 Å². The Morgan fingerprint density at radius 3 is 2.00 bits per heavy atom. The zero-order valence-corrected chi connectivity index (χ0v) is 10.0. The van der Waals surface area contributed by atoms with E-state index in [1.807, 2.05) is 0 Å². The van der Waals surface area contributed by atoms with Crippen molar-refractivity contribution in [3.8, 4) is 0 Å². The molecule has 1 saturated carbocycles. The first-order valence-corrected chi connectivity index (χ1v) is 5.64. The highest BCUT2D eigenvalue weighted by molar-refractivity contribution is 5.69. The molecule has 0 N–H and O–H groups in total. The van der Waals surface area contributed by atoms with Crippen molar-refractivity contribution in [3.63, 3.8) is 0 Å². The first-order chi connectivity index (χ1) is 7.59. The number of hydrogen-bond acceptors (Lipinski definition) is 2. The van der Waals surface area contributed by atoms with Crippen LogP contribution in [0.5, 0.6) is 0 Å². The number of alkyl halides is 3. The summed E-state index contributed by atoms with van der Waals surface area (Å²) in [7, 11) is 0. The van der Waals surface area contributed by atoms with Crippen molar-refractivity contribution < 1.29 is 22.7 Å². The van der Waals surface area contributed by atoms with Gasteiger partial charge in [-0.3, -0.25) is 0 Å². The zero-order valence-electron chi connectivity index (χ0n) is 10.0. The summed E-state index contributed by atoms with van der Waals surface area (Å²) in [4.78, 5) is 13.0. The van der Waals surface area contributed by atoms with E-state index >= 15 is 0 Å². The summed E-state index contributed by atoms with van der Waals surface area (Å²) < 4.78 is 42.4. The van der Waals surface area contributed by atoms with E-state index < -0.39 is 35.6 Å². The van der Waals surface area contributed by atoms with Gasteiger partial charge < -0.3 is 9.64 Å². The number of likely N-dealkylation sites (tertiary alicyclic amines) is 1. The van der Waals surface area contributed by atoms with Gasteiger partial charge in [0.2, 0.25) is 0 Å². The molecule has 17 heavy (non-hydrogen) atoms. The highest BCUT2D eigenvalue weighted by atomic mass is 19.4. The SMILES string of the molecule is CC(C)(C)OC(=O)N1CC2C(C1)C2C(F)(F)F. The quantitative estimate of drug-likeness (QED) is 0.662. The smallest absolute Gasteiger partial charge is 0.410 e. The molecular weight excluding hydrogens is 235 g/mol. The van der Waals surface area contributed by atoms with Gasteiger partial charge in [0, 0.05) is 13.1 Å². The van der Waals surface area contributed by atoms with Crippen molar-refractivity contribution >= 4 is 6.09 Å². The Morgan fingerprint density at radius 1 is 1.18 bits per heavy atom. The van der Waals surface area contributed by atoms with E-state index in [1.54, 1.807) is 20.8 Å². The first kappa shape index (κ1) is 12.5. The molecule has 2 aliphatic rings. The molecular formula is C11H16F3NO2. The maximum absolute atomic E-state index is 12.4. The number of nitrogens with zero attached hydrogens (tertiary/aromatic N) is 1. The number of fused-ring (bicyclic) bond motifs is 1. The fourth-order valence-corrected chi connectivity index (χ4v) is 2.49. The van der Waals surface area contributed by atoms with E-state index in [2.05, 4.69) is 0 Å². The number of rotatable bonds is 0. The lowest BCUT2D eigenvalue weighted by Gasteiger charge is -2.26. The van der Waals surface area contributed by atoms with Crippen LogP contribution in [0, 0.1) is 17.8 Å². The average Bonchev–Trinajstić information content (AvgIpc) is 2.61. The van der Waals surface area contributed by atoms with Crippen LogP contribution in [0.4, 0.5) is 18.0 Å². The Morgan fingerprint density at radius 2 is 1.65 bits per heavy atom. The minimum atomic E-state index is -4.12. The third-order valence-corrected chi connectivity index (χ3v) is 3.22. The number of carbonyl (C=O) groups excluding carboxylic acids is 1. The third kappa shape index (κ3) is 2.50. The largest absolute Gasteiger partial charge is 0.444 e. The Bertz CT molecular complexity index is 323. The van der Waals surface area contributed by atoms with Gasteiger partial charge in [0.15, 0.2) is 0 Å². The number of hydrogen-bond donors (Lipinski definition) is 0. The van der Waals surface area contributed by atoms with Gasteiger partial charge in [-0.2, -0.15) is 13.2 Å². The second-order valence-electron chi connectivity index (χ2n) is 5.78. The molecule has 0 aromatic carbocycles. The molecule has 1 aliphatic carbocycles. The van der Waals surface area contributed by atoms with E-state index in [1.165, 1.54) is 4.90 Å². The van der Waals surface area contributed by atoms with Gasteiger partial charge >= 0.3 is 12.3 Å². The fraction of sp³-hybridized carbons (Fsp3) is 0.909. The molecule has 1 amide bonds. The van der Waals surface area contributed by atoms with Crippen LogP contribution in [0.1, 0.15) is 20.8 Å². The summed E-state index contributed by atoms with van der Waals surface area (Å²) in [5.41, 5.74) is -0.604. The maximum atomic E-state index is 12.4. The molecule has 1 aliphatic heterocycles. The summed E-state index contributed by atoms with van der Waals surface area (Å²) in [5.74, 6) is -2.04. The number of amides is 1. The van der Waals surface area contributed by atoms with Crippen LogP contribution in [0.15, 0.2) is 0 Å². The zero-order chi connectivity index (χ0) is 13.0. The molecule has 2 rings (SSSR count). The molecule has 2 atom stereocenters. The molecule has 3 nitrogen and oxygen atoms in total. The molecule has 0 aromatic heterocycles. The van der Waals surface area contributed by atoms with Crippen LogP contribution in [0.3, 0.4) is 0 Å². The molecule has 6 heteroatoms. The number of carbonyl (C=O) groups is 1. The molecule has 0 radical (unpaired) electrons. The Hall–Kier alpha value is -0.940. The highest BCUT2D eigenvalue weighted by Crippen LogP contribution is 2.59. The summed E-state index contributed by atoms with van der Waals surface area (Å²) in [6.07, 6.45) is -4.62. The monoisotopic (exact) mass is 251 g/mol. The predicted molar refractivity (Wildman–Crippen MR) is 54.3 cm³/mol. The summed E-state index contributed by atoms with van der Waals surface area (Å²) in [6, 6.07) is 0. The first-order valence-electron chi connectivity index (χ1n) is 5.64. The van der Waals surface area contributed by atoms with Gasteiger partial charge in [-0.1, -0.05) is 0 Å². The summed E-state index contributed by atoms with van der Waals surface area (Å²) in [6.45, 7) is 5.55. The normalized spacial score (nSPS) is 32.4. The minimum Gasteiger partial charge on any atom is -0.444 e. The van der Waals surface area contributed by atoms with Gasteiger partial charge in [-0.25, -0.2) is 4.79 Å². The van der Waals surface area contributed by atoms with Gasteiger partial charge in [-0.05, 0) is 32.6 Å². The lowest BCUT2D eigenvalue weighted by molar-refractivity contribution is -0.156. The predicted octanol–water partition coefficient (Wildman–Crippen LogP) is 2.66. The molecule has 2 fully saturated rings. The summed E-state index contributed by atoms with van der Waals surface area (Å²) in [5, 5.41) is 0. The van der Waals surface area contributed by atoms with E-state index in [9.17, 15) is 18.0 Å². The molecule has 98 valence electrons. The van der Waals surface area contributed by atoms with Crippen molar-refractivity contribution in [2.45, 2.75) is 32.5 Å². The lowest BCUT2D eigenvalue weighted by atomic mass is 10.2. The average molecular weight is 251 g/mol. The topological polar surface area (TPSA) is 29.5 Å². The Balaban J connectivity index is 1.86. The van der Waals surface area contributed by atoms with Crippen LogP contribution >= 0.6 is 0 Å². The third-order valence-electron chi connectivity index (χ3n) is 3.22. The van der Waals surface area contributed by atoms with Gasteiger partial charge in [-0.15, -0.1) is 0 Å². The van der Waals surface area contributed by atoms with Crippen molar-refractivity contribution in [1.29, 1.82) is 0 Å². The van der Waals surface area contributed by atoms with Crippen LogP contribution < -0.4 is 0 Å². The molecule has 1 saturated heterocycles. The van der Waals surface area contributed by atoms with Gasteiger partial charge in [0.05, 0.1) is 5.92 Å². The number of piperidine rings is 1. The van der Waals surface area contributed by atoms with E-state index in [-0.39, 0.29) is 13.1 Å².